The molecule has 2 rings (SSSR count). The van der Waals surface area contributed by atoms with Gasteiger partial charge >= 0.3 is 0 Å². The zero-order valence-corrected chi connectivity index (χ0v) is 11.9. The third-order valence-corrected chi connectivity index (χ3v) is 4.15. The van der Waals surface area contributed by atoms with Crippen molar-refractivity contribution in [3.8, 4) is 0 Å². The SMILES string of the molecule is CC(C)CNC(=O)C(C)NC1CCN2CCCC12. The zero-order chi connectivity index (χ0) is 13.1. The molecule has 0 aromatic carbocycles. The molecule has 2 fully saturated rings. The number of amides is 1. The van der Waals surface area contributed by atoms with Crippen LogP contribution in [0.4, 0.5) is 0 Å². The molecule has 18 heavy (non-hydrogen) atoms. The number of fused-ring (bicyclic) bond motifs is 1. The Bertz CT molecular complexity index is 293. The average molecular weight is 253 g/mol. The second kappa shape index (κ2) is 6.02. The summed E-state index contributed by atoms with van der Waals surface area (Å²) < 4.78 is 0. The molecule has 0 aliphatic carbocycles. The van der Waals surface area contributed by atoms with Crippen LogP contribution < -0.4 is 10.6 Å². The van der Waals surface area contributed by atoms with Gasteiger partial charge in [-0.15, -0.1) is 0 Å². The molecule has 0 saturated carbocycles. The maximum atomic E-state index is 11.9. The van der Waals surface area contributed by atoms with E-state index in [-0.39, 0.29) is 11.9 Å². The number of rotatable bonds is 5. The van der Waals surface area contributed by atoms with Gasteiger partial charge in [0.2, 0.25) is 5.91 Å². The molecule has 2 aliphatic rings. The van der Waals surface area contributed by atoms with Crippen LogP contribution in [-0.4, -0.2) is 48.6 Å². The highest BCUT2D eigenvalue weighted by molar-refractivity contribution is 5.81. The molecule has 3 unspecified atom stereocenters. The van der Waals surface area contributed by atoms with E-state index >= 15 is 0 Å². The minimum Gasteiger partial charge on any atom is -0.354 e. The second-order valence-electron chi connectivity index (χ2n) is 6.17. The summed E-state index contributed by atoms with van der Waals surface area (Å²) >= 11 is 0. The highest BCUT2D eigenvalue weighted by Crippen LogP contribution is 2.28. The molecule has 0 aromatic heterocycles. The Balaban J connectivity index is 1.76. The standard InChI is InChI=1S/C14H27N3O/c1-10(2)9-15-14(18)11(3)16-12-6-8-17-7-4-5-13(12)17/h10-13,16H,4-9H2,1-3H3,(H,15,18). The van der Waals surface area contributed by atoms with Crippen LogP contribution in [0.1, 0.15) is 40.0 Å². The van der Waals surface area contributed by atoms with Gasteiger partial charge in [0.1, 0.15) is 0 Å². The summed E-state index contributed by atoms with van der Waals surface area (Å²) in [7, 11) is 0. The maximum Gasteiger partial charge on any atom is 0.236 e. The lowest BCUT2D eigenvalue weighted by Gasteiger charge is -2.24. The molecule has 0 bridgehead atoms. The average Bonchev–Trinajstić information content (AvgIpc) is 2.90. The number of nitrogens with one attached hydrogen (secondary N) is 2. The summed E-state index contributed by atoms with van der Waals surface area (Å²) in [5, 5.41) is 6.52. The second-order valence-corrected chi connectivity index (χ2v) is 6.17. The highest BCUT2D eigenvalue weighted by Gasteiger charge is 2.37. The van der Waals surface area contributed by atoms with Gasteiger partial charge in [-0.05, 0) is 38.6 Å². The molecule has 1 amide bonds. The van der Waals surface area contributed by atoms with E-state index in [4.69, 9.17) is 0 Å². The Morgan fingerprint density at radius 3 is 2.78 bits per heavy atom. The Hall–Kier alpha value is -0.610. The van der Waals surface area contributed by atoms with Gasteiger partial charge in [-0.2, -0.15) is 0 Å². The number of hydrogen-bond acceptors (Lipinski definition) is 3. The van der Waals surface area contributed by atoms with Crippen LogP contribution in [0, 0.1) is 5.92 Å². The minimum atomic E-state index is -0.0747. The van der Waals surface area contributed by atoms with Crippen molar-refractivity contribution in [2.45, 2.75) is 58.2 Å². The Morgan fingerprint density at radius 1 is 1.28 bits per heavy atom. The highest BCUT2D eigenvalue weighted by atomic mass is 16.2. The van der Waals surface area contributed by atoms with E-state index in [0.717, 1.165) is 6.54 Å². The number of nitrogens with zero attached hydrogens (tertiary/aromatic N) is 1. The van der Waals surface area contributed by atoms with Crippen LogP contribution in [0.5, 0.6) is 0 Å². The van der Waals surface area contributed by atoms with Gasteiger partial charge in [-0.3, -0.25) is 9.69 Å². The van der Waals surface area contributed by atoms with Crippen LogP contribution >= 0.6 is 0 Å². The van der Waals surface area contributed by atoms with Crippen molar-refractivity contribution in [2.24, 2.45) is 5.92 Å². The quantitative estimate of drug-likeness (QED) is 0.767. The van der Waals surface area contributed by atoms with E-state index in [1.807, 2.05) is 6.92 Å². The predicted octanol–water partition coefficient (Wildman–Crippen LogP) is 0.973. The summed E-state index contributed by atoms with van der Waals surface area (Å²) in [5.74, 6) is 0.651. The van der Waals surface area contributed by atoms with E-state index in [2.05, 4.69) is 29.4 Å². The Kier molecular flexibility index (Phi) is 4.62. The van der Waals surface area contributed by atoms with Crippen molar-refractivity contribution in [1.29, 1.82) is 0 Å². The molecule has 4 heteroatoms. The largest absolute Gasteiger partial charge is 0.354 e. The van der Waals surface area contributed by atoms with Gasteiger partial charge in [-0.1, -0.05) is 13.8 Å². The first-order valence-corrected chi connectivity index (χ1v) is 7.35. The fourth-order valence-corrected chi connectivity index (χ4v) is 3.13. The van der Waals surface area contributed by atoms with Crippen molar-refractivity contribution in [3.05, 3.63) is 0 Å². The van der Waals surface area contributed by atoms with Gasteiger partial charge in [0.25, 0.3) is 0 Å². The van der Waals surface area contributed by atoms with E-state index in [1.165, 1.54) is 32.4 Å². The van der Waals surface area contributed by atoms with Crippen LogP contribution in [-0.2, 0) is 4.79 Å². The summed E-state index contributed by atoms with van der Waals surface area (Å²) in [6.07, 6.45) is 3.79. The van der Waals surface area contributed by atoms with Crippen LogP contribution in [0.3, 0.4) is 0 Å². The molecule has 2 saturated heterocycles. The first kappa shape index (κ1) is 13.8. The fourth-order valence-electron chi connectivity index (χ4n) is 3.13. The lowest BCUT2D eigenvalue weighted by atomic mass is 10.1. The molecule has 2 heterocycles. The predicted molar refractivity (Wildman–Crippen MR) is 73.4 cm³/mol. The number of carbonyl (C=O) groups is 1. The van der Waals surface area contributed by atoms with Gasteiger partial charge in [-0.25, -0.2) is 0 Å². The smallest absolute Gasteiger partial charge is 0.236 e. The van der Waals surface area contributed by atoms with E-state index in [0.29, 0.717) is 18.0 Å². The molecule has 104 valence electrons. The first-order chi connectivity index (χ1) is 8.58. The molecule has 0 spiro atoms. The first-order valence-electron chi connectivity index (χ1n) is 7.35. The van der Waals surface area contributed by atoms with Crippen LogP contribution in [0.2, 0.25) is 0 Å². The van der Waals surface area contributed by atoms with Crippen molar-refractivity contribution in [3.63, 3.8) is 0 Å². The van der Waals surface area contributed by atoms with Crippen molar-refractivity contribution < 1.29 is 4.79 Å². The van der Waals surface area contributed by atoms with Crippen LogP contribution in [0.15, 0.2) is 0 Å². The third kappa shape index (κ3) is 3.23. The van der Waals surface area contributed by atoms with Gasteiger partial charge in [0.15, 0.2) is 0 Å². The Morgan fingerprint density at radius 2 is 2.06 bits per heavy atom. The zero-order valence-electron chi connectivity index (χ0n) is 11.9. The number of hydrogen-bond donors (Lipinski definition) is 2. The maximum absolute atomic E-state index is 11.9. The molecule has 0 aromatic rings. The fraction of sp³-hybridized carbons (Fsp3) is 0.929. The monoisotopic (exact) mass is 253 g/mol. The van der Waals surface area contributed by atoms with Crippen molar-refractivity contribution >= 4 is 5.91 Å². The topological polar surface area (TPSA) is 44.4 Å². The van der Waals surface area contributed by atoms with Crippen LogP contribution in [0.25, 0.3) is 0 Å². The molecule has 3 atom stereocenters. The molecular weight excluding hydrogens is 226 g/mol. The minimum absolute atomic E-state index is 0.0747. The van der Waals surface area contributed by atoms with Crippen molar-refractivity contribution in [2.75, 3.05) is 19.6 Å². The van der Waals surface area contributed by atoms with Gasteiger partial charge in [0.05, 0.1) is 6.04 Å². The summed E-state index contributed by atoms with van der Waals surface area (Å²) in [6.45, 7) is 9.43. The van der Waals surface area contributed by atoms with Gasteiger partial charge < -0.3 is 10.6 Å². The molecular formula is C14H27N3O. The van der Waals surface area contributed by atoms with E-state index in [1.54, 1.807) is 0 Å². The van der Waals surface area contributed by atoms with E-state index < -0.39 is 0 Å². The number of carbonyl (C=O) groups excluding carboxylic acids is 1. The lowest BCUT2D eigenvalue weighted by Crippen LogP contribution is -2.50. The van der Waals surface area contributed by atoms with E-state index in [9.17, 15) is 4.79 Å². The summed E-state index contributed by atoms with van der Waals surface area (Å²) in [6, 6.07) is 1.10. The summed E-state index contributed by atoms with van der Waals surface area (Å²) in [5.41, 5.74) is 0. The third-order valence-electron chi connectivity index (χ3n) is 4.15. The summed E-state index contributed by atoms with van der Waals surface area (Å²) in [4.78, 5) is 14.5. The molecule has 4 nitrogen and oxygen atoms in total. The van der Waals surface area contributed by atoms with Gasteiger partial charge in [0, 0.05) is 25.2 Å². The molecule has 0 radical (unpaired) electrons. The normalized spacial score (nSPS) is 29.6. The molecule has 2 aliphatic heterocycles. The molecule has 2 N–H and O–H groups in total. The Labute approximate surface area is 110 Å². The lowest BCUT2D eigenvalue weighted by molar-refractivity contribution is -0.123. The van der Waals surface area contributed by atoms with Crippen molar-refractivity contribution in [1.82, 2.24) is 15.5 Å².